The van der Waals surface area contributed by atoms with Gasteiger partial charge in [-0.1, -0.05) is 52.5 Å². The van der Waals surface area contributed by atoms with Crippen LogP contribution in [0, 0.1) is 6.92 Å². The van der Waals surface area contributed by atoms with Crippen molar-refractivity contribution in [2.75, 3.05) is 5.75 Å². The lowest BCUT2D eigenvalue weighted by Gasteiger charge is -2.28. The zero-order valence-corrected chi connectivity index (χ0v) is 14.1. The Hall–Kier alpha value is -0.140. The van der Waals surface area contributed by atoms with Crippen molar-refractivity contribution in [3.63, 3.8) is 0 Å². The highest BCUT2D eigenvalue weighted by molar-refractivity contribution is 8.02. The van der Waals surface area contributed by atoms with Crippen molar-refractivity contribution in [2.45, 2.75) is 21.0 Å². The van der Waals surface area contributed by atoms with Crippen LogP contribution in [0.5, 0.6) is 0 Å². The van der Waals surface area contributed by atoms with Crippen LogP contribution in [0.25, 0.3) is 0 Å². The molecule has 110 valence electrons. The lowest BCUT2D eigenvalue weighted by Crippen LogP contribution is -2.44. The van der Waals surface area contributed by atoms with E-state index in [0.29, 0.717) is 4.31 Å². The summed E-state index contributed by atoms with van der Waals surface area (Å²) in [6.07, 6.45) is 0. The van der Waals surface area contributed by atoms with E-state index in [4.69, 9.17) is 34.8 Å². The Morgan fingerprint density at radius 1 is 1.25 bits per heavy atom. The van der Waals surface area contributed by atoms with Crippen molar-refractivity contribution in [1.82, 2.24) is 4.31 Å². The Balaban J connectivity index is 2.46. The number of hydrogen-bond donors (Lipinski definition) is 0. The molecule has 9 heteroatoms. The van der Waals surface area contributed by atoms with Gasteiger partial charge in [0.15, 0.2) is 0 Å². The van der Waals surface area contributed by atoms with Crippen LogP contribution >= 0.6 is 46.6 Å². The smallest absolute Gasteiger partial charge is 0.267 e. The van der Waals surface area contributed by atoms with Crippen molar-refractivity contribution in [2.24, 2.45) is 0 Å². The summed E-state index contributed by atoms with van der Waals surface area (Å²) >= 11 is 18.3. The highest BCUT2D eigenvalue weighted by Crippen LogP contribution is 2.45. The third-order valence-electron chi connectivity index (χ3n) is 2.68. The number of rotatable bonds is 2. The molecule has 1 unspecified atom stereocenters. The molecule has 0 aliphatic carbocycles. The number of nitrogens with zero attached hydrogens (tertiary/aromatic N) is 1. The maximum atomic E-state index is 12.5. The molecule has 1 aromatic rings. The molecule has 0 radical (unpaired) electrons. The van der Waals surface area contributed by atoms with Crippen LogP contribution < -0.4 is 0 Å². The number of halogens is 3. The minimum Gasteiger partial charge on any atom is -0.273 e. The van der Waals surface area contributed by atoms with E-state index in [1.54, 1.807) is 12.1 Å². The first-order valence-corrected chi connectivity index (χ1v) is 9.08. The van der Waals surface area contributed by atoms with Crippen LogP contribution in [0.2, 0.25) is 0 Å². The van der Waals surface area contributed by atoms with Crippen LogP contribution in [0.15, 0.2) is 29.2 Å². The molecular weight excluding hydrogens is 365 g/mol. The fraction of sp³-hybridized carbons (Fsp3) is 0.364. The molecule has 2 rings (SSSR count). The number of carbonyl (C=O) groups excluding carboxylic acids is 1. The predicted molar refractivity (Wildman–Crippen MR) is 81.7 cm³/mol. The highest BCUT2D eigenvalue weighted by atomic mass is 35.6. The van der Waals surface area contributed by atoms with Gasteiger partial charge in [0.1, 0.15) is 5.37 Å². The maximum Gasteiger partial charge on any atom is 0.267 e. The normalized spacial score (nSPS) is 20.5. The van der Waals surface area contributed by atoms with E-state index in [0.717, 1.165) is 17.3 Å². The first-order valence-electron chi connectivity index (χ1n) is 5.46. The van der Waals surface area contributed by atoms with Gasteiger partial charge in [0.2, 0.25) is 9.70 Å². The topological polar surface area (TPSA) is 54.5 Å². The van der Waals surface area contributed by atoms with Gasteiger partial charge in [-0.3, -0.25) is 4.79 Å². The van der Waals surface area contributed by atoms with Gasteiger partial charge in [-0.15, -0.1) is 11.8 Å². The number of hydrogen-bond acceptors (Lipinski definition) is 4. The van der Waals surface area contributed by atoms with Gasteiger partial charge in [0.25, 0.3) is 10.0 Å². The van der Waals surface area contributed by atoms with Crippen LogP contribution in [0.1, 0.15) is 5.56 Å². The lowest BCUT2D eigenvalue weighted by atomic mass is 10.2. The monoisotopic (exact) mass is 373 g/mol. The van der Waals surface area contributed by atoms with Crippen molar-refractivity contribution in [3.05, 3.63) is 29.8 Å². The number of benzene rings is 1. The molecule has 0 aromatic heterocycles. The number of aryl methyl sites for hydroxylation is 1. The summed E-state index contributed by atoms with van der Waals surface area (Å²) in [7, 11) is -4.03. The Labute approximate surface area is 136 Å². The molecular formula is C11H10Cl3NO3S2. The van der Waals surface area contributed by atoms with Gasteiger partial charge in [-0.2, -0.15) is 0 Å². The third-order valence-corrected chi connectivity index (χ3v) is 6.92. The molecule has 0 saturated carbocycles. The van der Waals surface area contributed by atoms with E-state index in [1.165, 1.54) is 12.1 Å². The zero-order valence-electron chi connectivity index (χ0n) is 10.2. The largest absolute Gasteiger partial charge is 0.273 e. The average Bonchev–Trinajstić information content (AvgIpc) is 2.72. The Kier molecular flexibility index (Phi) is 4.52. The van der Waals surface area contributed by atoms with Crippen molar-refractivity contribution < 1.29 is 13.2 Å². The molecule has 4 nitrogen and oxygen atoms in total. The number of alkyl halides is 3. The molecule has 1 aliphatic heterocycles. The van der Waals surface area contributed by atoms with Crippen molar-refractivity contribution in [3.8, 4) is 0 Å². The standard InChI is InChI=1S/C11H10Cl3NO3S2/c1-7-2-4-8(5-3-7)20(17,18)15-9(16)6-19-10(15)11(12,13)14/h2-5,10H,6H2,1H3. The highest BCUT2D eigenvalue weighted by Gasteiger charge is 2.50. The number of sulfonamides is 1. The van der Waals surface area contributed by atoms with Gasteiger partial charge < -0.3 is 0 Å². The lowest BCUT2D eigenvalue weighted by molar-refractivity contribution is -0.123. The average molecular weight is 375 g/mol. The molecule has 1 aliphatic rings. The molecule has 20 heavy (non-hydrogen) atoms. The second kappa shape index (κ2) is 5.57. The molecule has 0 bridgehead atoms. The fourth-order valence-electron chi connectivity index (χ4n) is 1.72. The van der Waals surface area contributed by atoms with Crippen LogP contribution in [-0.4, -0.2) is 33.5 Å². The summed E-state index contributed by atoms with van der Waals surface area (Å²) in [4.78, 5) is 11.9. The summed E-state index contributed by atoms with van der Waals surface area (Å²) in [6, 6.07) is 6.14. The number of amides is 1. The summed E-state index contributed by atoms with van der Waals surface area (Å²) in [5, 5.41) is -1.06. The Morgan fingerprint density at radius 2 is 1.80 bits per heavy atom. The van der Waals surface area contributed by atoms with Gasteiger partial charge in [0, 0.05) is 0 Å². The predicted octanol–water partition coefficient (Wildman–Crippen LogP) is 2.96. The summed E-state index contributed by atoms with van der Waals surface area (Å²) in [5.74, 6) is -0.629. The summed E-state index contributed by atoms with van der Waals surface area (Å²) in [5.41, 5.74) is 0.906. The van der Waals surface area contributed by atoms with Crippen LogP contribution in [-0.2, 0) is 14.8 Å². The SMILES string of the molecule is Cc1ccc(S(=O)(=O)N2C(=O)CSC2C(Cl)(Cl)Cl)cc1. The first-order chi connectivity index (χ1) is 9.14. The van der Waals surface area contributed by atoms with Crippen LogP contribution in [0.3, 0.4) is 0 Å². The number of carbonyl (C=O) groups is 1. The second-order valence-electron chi connectivity index (χ2n) is 4.21. The van der Waals surface area contributed by atoms with E-state index >= 15 is 0 Å². The quantitative estimate of drug-likeness (QED) is 0.747. The minimum absolute atomic E-state index is 0.00167. The minimum atomic E-state index is -4.03. The van der Waals surface area contributed by atoms with Crippen molar-refractivity contribution in [1.29, 1.82) is 0 Å². The van der Waals surface area contributed by atoms with Crippen molar-refractivity contribution >= 4 is 62.5 Å². The first kappa shape index (κ1) is 16.2. The van der Waals surface area contributed by atoms with Gasteiger partial charge in [0.05, 0.1) is 10.6 Å². The molecule has 1 heterocycles. The summed E-state index contributed by atoms with van der Waals surface area (Å²) in [6.45, 7) is 1.83. The molecule has 1 fully saturated rings. The van der Waals surface area contributed by atoms with E-state index < -0.39 is 25.1 Å². The maximum absolute atomic E-state index is 12.5. The van der Waals surface area contributed by atoms with Gasteiger partial charge in [-0.25, -0.2) is 12.7 Å². The van der Waals surface area contributed by atoms with E-state index in [9.17, 15) is 13.2 Å². The molecule has 0 N–H and O–H groups in total. The molecule has 1 atom stereocenters. The van der Waals surface area contributed by atoms with E-state index in [-0.39, 0.29) is 10.6 Å². The number of thioether (sulfide) groups is 1. The zero-order chi connectivity index (χ0) is 15.1. The van der Waals surface area contributed by atoms with Gasteiger partial charge in [-0.05, 0) is 19.1 Å². The fourth-order valence-corrected chi connectivity index (χ4v) is 5.69. The van der Waals surface area contributed by atoms with E-state index in [2.05, 4.69) is 0 Å². The summed E-state index contributed by atoms with van der Waals surface area (Å²) < 4.78 is 23.8. The third kappa shape index (κ3) is 3.04. The van der Waals surface area contributed by atoms with E-state index in [1.807, 2.05) is 6.92 Å². The van der Waals surface area contributed by atoms with Crippen LogP contribution in [0.4, 0.5) is 0 Å². The second-order valence-corrected chi connectivity index (χ2v) is 9.47. The molecule has 1 amide bonds. The molecule has 1 aromatic carbocycles. The Bertz CT molecular complexity index is 625. The van der Waals surface area contributed by atoms with Gasteiger partial charge >= 0.3 is 0 Å². The molecule has 1 saturated heterocycles. The Morgan fingerprint density at radius 3 is 2.30 bits per heavy atom. The molecule has 0 spiro atoms.